The maximum absolute atomic E-state index is 12.2. The highest BCUT2D eigenvalue weighted by Crippen LogP contribution is 2.31. The number of benzene rings is 2. The average Bonchev–Trinajstić information content (AvgIpc) is 2.74. The molecule has 0 heterocycles. The van der Waals surface area contributed by atoms with Gasteiger partial charge in [0, 0.05) is 10.6 Å². The van der Waals surface area contributed by atoms with Crippen LogP contribution in [0.2, 0.25) is 0 Å². The summed E-state index contributed by atoms with van der Waals surface area (Å²) in [6.07, 6.45) is 5.09. The highest BCUT2D eigenvalue weighted by atomic mass is 32.2. The van der Waals surface area contributed by atoms with Gasteiger partial charge in [0.1, 0.15) is 0 Å². The van der Waals surface area contributed by atoms with E-state index in [1.165, 1.54) is 34.4 Å². The summed E-state index contributed by atoms with van der Waals surface area (Å²) in [6.45, 7) is 9.39. The second-order valence-electron chi connectivity index (χ2n) is 8.01. The lowest BCUT2D eigenvalue weighted by Crippen LogP contribution is -2.14. The van der Waals surface area contributed by atoms with Gasteiger partial charge >= 0.3 is 5.97 Å². The number of unbranched alkanes of at least 4 members (excludes halogenated alkanes) is 1. The fourth-order valence-corrected chi connectivity index (χ4v) is 4.20. The zero-order valence-corrected chi connectivity index (χ0v) is 19.3. The molecule has 0 aliphatic heterocycles. The van der Waals surface area contributed by atoms with Gasteiger partial charge < -0.3 is 4.74 Å². The second kappa shape index (κ2) is 12.7. The minimum atomic E-state index is -0.0734. The molecule has 0 bridgehead atoms. The molecule has 0 spiro atoms. The molecule has 0 aliphatic rings. The molecule has 1 atom stereocenters. The highest BCUT2D eigenvalue weighted by molar-refractivity contribution is 7.99. The largest absolute Gasteiger partial charge is 0.465 e. The van der Waals surface area contributed by atoms with Crippen molar-refractivity contribution in [2.24, 2.45) is 5.92 Å². The number of carbonyl (C=O) groups is 1. The van der Waals surface area contributed by atoms with Crippen LogP contribution in [0.15, 0.2) is 53.4 Å². The molecule has 2 rings (SSSR count). The van der Waals surface area contributed by atoms with Crippen molar-refractivity contribution in [2.75, 3.05) is 12.4 Å². The van der Waals surface area contributed by atoms with Gasteiger partial charge in [-0.25, -0.2) is 0 Å². The van der Waals surface area contributed by atoms with Crippen molar-refractivity contribution in [1.82, 2.24) is 0 Å². The average molecular weight is 413 g/mol. The van der Waals surface area contributed by atoms with Crippen molar-refractivity contribution in [3.05, 3.63) is 54.1 Å². The number of hydrogen-bond acceptors (Lipinski definition) is 3. The molecule has 3 heteroatoms. The van der Waals surface area contributed by atoms with E-state index >= 15 is 0 Å². The SMILES string of the molecule is CCCCC(CC)COC(=O)CCSc1cc(-c2ccccc2)cc(C(C)C)c1. The Morgan fingerprint density at radius 3 is 2.45 bits per heavy atom. The van der Waals surface area contributed by atoms with Gasteiger partial charge in [-0.1, -0.05) is 83.4 Å². The van der Waals surface area contributed by atoms with Crippen LogP contribution in [0.1, 0.15) is 71.3 Å². The second-order valence-corrected chi connectivity index (χ2v) is 9.18. The van der Waals surface area contributed by atoms with Crippen molar-refractivity contribution >= 4 is 17.7 Å². The van der Waals surface area contributed by atoms with E-state index in [1.54, 1.807) is 11.8 Å². The summed E-state index contributed by atoms with van der Waals surface area (Å²) >= 11 is 1.74. The summed E-state index contributed by atoms with van der Waals surface area (Å²) in [4.78, 5) is 13.4. The van der Waals surface area contributed by atoms with Gasteiger partial charge in [-0.3, -0.25) is 4.79 Å². The first-order chi connectivity index (χ1) is 14.0. The fraction of sp³-hybridized carbons (Fsp3) is 0.500. The van der Waals surface area contributed by atoms with Crippen molar-refractivity contribution in [2.45, 2.75) is 70.6 Å². The summed E-state index contributed by atoms with van der Waals surface area (Å²) in [5.41, 5.74) is 3.80. The van der Waals surface area contributed by atoms with Crippen LogP contribution in [0.3, 0.4) is 0 Å². The third-order valence-electron chi connectivity index (χ3n) is 5.30. The summed E-state index contributed by atoms with van der Waals surface area (Å²) in [7, 11) is 0. The lowest BCUT2D eigenvalue weighted by Gasteiger charge is -2.15. The van der Waals surface area contributed by atoms with Crippen LogP contribution in [0.5, 0.6) is 0 Å². The quantitative estimate of drug-likeness (QED) is 0.264. The minimum absolute atomic E-state index is 0.0734. The van der Waals surface area contributed by atoms with Crippen LogP contribution < -0.4 is 0 Å². The first-order valence-electron chi connectivity index (χ1n) is 11.0. The van der Waals surface area contributed by atoms with E-state index in [2.05, 4.69) is 70.2 Å². The normalized spacial score (nSPS) is 12.2. The van der Waals surface area contributed by atoms with Gasteiger partial charge in [-0.15, -0.1) is 11.8 Å². The Labute approximate surface area is 181 Å². The van der Waals surface area contributed by atoms with E-state index in [0.29, 0.717) is 24.9 Å². The molecule has 29 heavy (non-hydrogen) atoms. The number of hydrogen-bond donors (Lipinski definition) is 0. The Kier molecular flexibility index (Phi) is 10.3. The van der Waals surface area contributed by atoms with Crippen LogP contribution in [-0.2, 0) is 9.53 Å². The predicted octanol–water partition coefficient (Wildman–Crippen LogP) is 7.72. The van der Waals surface area contributed by atoms with Crippen molar-refractivity contribution in [1.29, 1.82) is 0 Å². The van der Waals surface area contributed by atoms with E-state index in [0.717, 1.165) is 18.6 Å². The van der Waals surface area contributed by atoms with Crippen LogP contribution in [0.25, 0.3) is 11.1 Å². The molecule has 0 saturated carbocycles. The van der Waals surface area contributed by atoms with Crippen molar-refractivity contribution in [3.63, 3.8) is 0 Å². The van der Waals surface area contributed by atoms with Crippen LogP contribution in [0.4, 0.5) is 0 Å². The number of ether oxygens (including phenoxy) is 1. The third-order valence-corrected chi connectivity index (χ3v) is 6.28. The first-order valence-corrected chi connectivity index (χ1v) is 12.0. The first kappa shape index (κ1) is 23.5. The van der Waals surface area contributed by atoms with Crippen molar-refractivity contribution in [3.8, 4) is 11.1 Å². The zero-order valence-electron chi connectivity index (χ0n) is 18.4. The van der Waals surface area contributed by atoms with Gasteiger partial charge in [-0.05, 0) is 47.1 Å². The van der Waals surface area contributed by atoms with Crippen LogP contribution in [-0.4, -0.2) is 18.3 Å². The number of esters is 1. The Morgan fingerprint density at radius 1 is 1.03 bits per heavy atom. The van der Waals surface area contributed by atoms with Gasteiger partial charge in [0.05, 0.1) is 13.0 Å². The minimum Gasteiger partial charge on any atom is -0.465 e. The predicted molar refractivity (Wildman–Crippen MR) is 126 cm³/mol. The molecule has 2 aromatic rings. The zero-order chi connectivity index (χ0) is 21.1. The lowest BCUT2D eigenvalue weighted by molar-refractivity contribution is -0.144. The van der Waals surface area contributed by atoms with E-state index in [-0.39, 0.29) is 5.97 Å². The van der Waals surface area contributed by atoms with E-state index in [1.807, 2.05) is 6.07 Å². The Morgan fingerprint density at radius 2 is 1.79 bits per heavy atom. The molecular weight excluding hydrogens is 376 g/mol. The molecule has 0 N–H and O–H groups in total. The van der Waals surface area contributed by atoms with Crippen molar-refractivity contribution < 1.29 is 9.53 Å². The third kappa shape index (κ3) is 8.26. The maximum Gasteiger partial charge on any atom is 0.306 e. The smallest absolute Gasteiger partial charge is 0.306 e. The number of rotatable bonds is 12. The molecule has 0 saturated heterocycles. The molecule has 1 unspecified atom stereocenters. The molecule has 0 radical (unpaired) electrons. The molecule has 0 aromatic heterocycles. The van der Waals surface area contributed by atoms with E-state index in [4.69, 9.17) is 4.74 Å². The molecule has 2 nitrogen and oxygen atoms in total. The molecule has 0 fully saturated rings. The highest BCUT2D eigenvalue weighted by Gasteiger charge is 2.11. The van der Waals surface area contributed by atoms with Crippen LogP contribution >= 0.6 is 11.8 Å². The number of carbonyl (C=O) groups excluding carboxylic acids is 1. The van der Waals surface area contributed by atoms with Gasteiger partial charge in [0.2, 0.25) is 0 Å². The Hall–Kier alpha value is -1.74. The van der Waals surface area contributed by atoms with Gasteiger partial charge in [0.15, 0.2) is 0 Å². The molecule has 0 aliphatic carbocycles. The molecule has 0 amide bonds. The van der Waals surface area contributed by atoms with Gasteiger partial charge in [-0.2, -0.15) is 0 Å². The van der Waals surface area contributed by atoms with E-state index < -0.39 is 0 Å². The molecule has 2 aromatic carbocycles. The fourth-order valence-electron chi connectivity index (χ4n) is 3.27. The lowest BCUT2D eigenvalue weighted by atomic mass is 9.97. The number of thioether (sulfide) groups is 1. The molecular formula is C26H36O2S. The summed E-state index contributed by atoms with van der Waals surface area (Å²) in [5.74, 6) is 1.65. The standard InChI is InChI=1S/C26H36O2S/c1-5-7-11-21(6-2)19-28-26(27)14-15-29-25-17-23(20(3)4)16-24(18-25)22-12-9-8-10-13-22/h8-10,12-13,16-18,20-21H,5-7,11,14-15,19H2,1-4H3. The maximum atomic E-state index is 12.2. The Bertz CT molecular complexity index is 740. The topological polar surface area (TPSA) is 26.3 Å². The summed E-state index contributed by atoms with van der Waals surface area (Å²) < 4.78 is 5.53. The monoisotopic (exact) mass is 412 g/mol. The molecule has 158 valence electrons. The Balaban J connectivity index is 1.91. The van der Waals surface area contributed by atoms with E-state index in [9.17, 15) is 4.79 Å². The van der Waals surface area contributed by atoms with Crippen LogP contribution in [0, 0.1) is 5.92 Å². The summed E-state index contributed by atoms with van der Waals surface area (Å²) in [6, 6.07) is 17.2. The summed E-state index contributed by atoms with van der Waals surface area (Å²) in [5, 5.41) is 0. The van der Waals surface area contributed by atoms with Gasteiger partial charge in [0.25, 0.3) is 0 Å².